The van der Waals surface area contributed by atoms with Crippen LogP contribution in [0.3, 0.4) is 0 Å². The van der Waals surface area contributed by atoms with Gasteiger partial charge >= 0.3 is 0 Å². The number of rotatable bonds is 6. The van der Waals surface area contributed by atoms with Gasteiger partial charge in [-0.2, -0.15) is 5.10 Å². The fraction of sp³-hybridized carbons (Fsp3) is 0.800. The minimum absolute atomic E-state index is 0.0706. The molecule has 1 saturated carbocycles. The summed E-state index contributed by atoms with van der Waals surface area (Å²) >= 11 is 0. The number of hydrogen-bond acceptors (Lipinski definition) is 4. The van der Waals surface area contributed by atoms with E-state index in [4.69, 9.17) is 4.74 Å². The molecule has 0 saturated heterocycles. The number of aliphatic hydroxyl groups excluding tert-OH is 1. The van der Waals surface area contributed by atoms with Crippen LogP contribution < -0.4 is 0 Å². The van der Waals surface area contributed by atoms with Crippen LogP contribution in [0, 0.1) is 5.41 Å². The average molecular weight is 281 g/mol. The molecule has 0 spiro atoms. The molecule has 114 valence electrons. The Morgan fingerprint density at radius 3 is 2.70 bits per heavy atom. The van der Waals surface area contributed by atoms with Crippen molar-refractivity contribution in [1.82, 2.24) is 14.7 Å². The molecule has 1 aromatic rings. The third-order valence-corrected chi connectivity index (χ3v) is 5.22. The van der Waals surface area contributed by atoms with E-state index in [-0.39, 0.29) is 11.0 Å². The van der Waals surface area contributed by atoms with Gasteiger partial charge in [-0.15, -0.1) is 0 Å². The highest BCUT2D eigenvalue weighted by atomic mass is 16.5. The number of aliphatic hydroxyl groups is 1. The first kappa shape index (κ1) is 15.5. The lowest BCUT2D eigenvalue weighted by Crippen LogP contribution is -2.68. The summed E-state index contributed by atoms with van der Waals surface area (Å²) in [5.41, 5.74) is 0.0147. The number of nitrogens with zero attached hydrogens (tertiary/aromatic N) is 3. The van der Waals surface area contributed by atoms with Crippen LogP contribution >= 0.6 is 0 Å². The molecule has 1 aliphatic rings. The molecule has 1 heterocycles. The van der Waals surface area contributed by atoms with Crippen molar-refractivity contribution in [2.24, 2.45) is 5.41 Å². The van der Waals surface area contributed by atoms with Crippen molar-refractivity contribution in [3.8, 4) is 0 Å². The maximum absolute atomic E-state index is 10.2. The summed E-state index contributed by atoms with van der Waals surface area (Å²) in [6.07, 6.45) is 4.19. The Bertz CT molecular complexity index is 432. The van der Waals surface area contributed by atoms with Gasteiger partial charge in [-0.25, -0.2) is 0 Å². The second-order valence-corrected chi connectivity index (χ2v) is 6.70. The molecule has 20 heavy (non-hydrogen) atoms. The molecule has 3 atom stereocenters. The molecule has 1 N–H and O–H groups in total. The van der Waals surface area contributed by atoms with Crippen molar-refractivity contribution in [3.05, 3.63) is 18.5 Å². The molecule has 0 radical (unpaired) electrons. The van der Waals surface area contributed by atoms with Gasteiger partial charge in [0, 0.05) is 37.5 Å². The normalized spacial score (nSPS) is 30.2. The largest absolute Gasteiger partial charge is 0.390 e. The van der Waals surface area contributed by atoms with Crippen molar-refractivity contribution >= 4 is 0 Å². The molecule has 1 fully saturated rings. The summed E-state index contributed by atoms with van der Waals surface area (Å²) in [5.74, 6) is 0. The first-order chi connectivity index (χ1) is 9.30. The highest BCUT2D eigenvalue weighted by molar-refractivity contribution is 5.11. The number of ether oxygens (including phenoxy) is 1. The highest BCUT2D eigenvalue weighted by Crippen LogP contribution is 2.53. The molecule has 0 aromatic carbocycles. The van der Waals surface area contributed by atoms with Crippen LogP contribution in [0.1, 0.15) is 27.2 Å². The molecule has 1 aliphatic carbocycles. The zero-order chi connectivity index (χ0) is 15.0. The van der Waals surface area contributed by atoms with Gasteiger partial charge in [0.05, 0.1) is 18.2 Å². The van der Waals surface area contributed by atoms with Crippen molar-refractivity contribution < 1.29 is 9.84 Å². The number of hydrogen-bond donors (Lipinski definition) is 1. The molecule has 1 aromatic heterocycles. The predicted molar refractivity (Wildman–Crippen MR) is 78.5 cm³/mol. The van der Waals surface area contributed by atoms with E-state index in [0.717, 1.165) is 6.42 Å². The second-order valence-electron chi connectivity index (χ2n) is 6.70. The molecular formula is C15H27N3O2. The summed E-state index contributed by atoms with van der Waals surface area (Å²) in [4.78, 5) is 2.24. The zero-order valence-electron chi connectivity index (χ0n) is 13.2. The molecule has 0 unspecified atom stereocenters. The molecule has 5 nitrogen and oxygen atoms in total. The number of aromatic nitrogens is 2. The van der Waals surface area contributed by atoms with Crippen molar-refractivity contribution in [2.75, 3.05) is 20.7 Å². The molecule has 0 bridgehead atoms. The van der Waals surface area contributed by atoms with Crippen LogP contribution in [0.5, 0.6) is 0 Å². The second kappa shape index (κ2) is 5.47. The van der Waals surface area contributed by atoms with Crippen LogP contribution in [0.25, 0.3) is 0 Å². The van der Waals surface area contributed by atoms with Gasteiger partial charge in [-0.3, -0.25) is 4.68 Å². The Labute approximate surface area is 121 Å². The Kier molecular flexibility index (Phi) is 4.23. The van der Waals surface area contributed by atoms with Crippen LogP contribution in [0.4, 0.5) is 0 Å². The first-order valence-electron chi connectivity index (χ1n) is 7.21. The molecule has 0 aliphatic heterocycles. The summed E-state index contributed by atoms with van der Waals surface area (Å²) < 4.78 is 7.42. The Balaban J connectivity index is 1.88. The standard InChI is InChI=1S/C15H27N3O2/c1-14(2)13(9-15(14,3)20-5)17(4)10-12(19)11-18-8-6-7-16-18/h6-8,12-13,19H,9-11H2,1-5H3/t12-,13-,15-/m1/s1. The smallest absolute Gasteiger partial charge is 0.0862 e. The SMILES string of the molecule is CO[C@]1(C)C[C@@H](N(C)C[C@@H](O)Cn2cccn2)C1(C)C. The van der Waals surface area contributed by atoms with E-state index < -0.39 is 6.10 Å². The van der Waals surface area contributed by atoms with Crippen molar-refractivity contribution in [1.29, 1.82) is 0 Å². The highest BCUT2D eigenvalue weighted by Gasteiger charge is 2.58. The fourth-order valence-electron chi connectivity index (χ4n) is 3.30. The van der Waals surface area contributed by atoms with Gasteiger partial charge < -0.3 is 14.7 Å². The topological polar surface area (TPSA) is 50.5 Å². The zero-order valence-corrected chi connectivity index (χ0v) is 13.2. The molecule has 2 rings (SSSR count). The van der Waals surface area contributed by atoms with Crippen LogP contribution in [0.15, 0.2) is 18.5 Å². The number of methoxy groups -OCH3 is 1. The maximum atomic E-state index is 10.2. The summed E-state index contributed by atoms with van der Waals surface area (Å²) in [6.45, 7) is 7.82. The Morgan fingerprint density at radius 1 is 1.50 bits per heavy atom. The van der Waals surface area contributed by atoms with Crippen LogP contribution in [-0.2, 0) is 11.3 Å². The van der Waals surface area contributed by atoms with E-state index in [0.29, 0.717) is 19.1 Å². The Hall–Kier alpha value is -0.910. The van der Waals surface area contributed by atoms with Crippen molar-refractivity contribution in [2.45, 2.75) is 51.5 Å². The van der Waals surface area contributed by atoms with Crippen molar-refractivity contribution in [3.63, 3.8) is 0 Å². The predicted octanol–water partition coefficient (Wildman–Crippen LogP) is 1.38. The van der Waals surface area contributed by atoms with E-state index in [1.165, 1.54) is 0 Å². The van der Waals surface area contributed by atoms with Crippen LogP contribution in [0.2, 0.25) is 0 Å². The fourth-order valence-corrected chi connectivity index (χ4v) is 3.30. The summed E-state index contributed by atoms with van der Waals surface area (Å²) in [6, 6.07) is 2.30. The minimum Gasteiger partial charge on any atom is -0.390 e. The van der Waals surface area contributed by atoms with Gasteiger partial charge in [0.25, 0.3) is 0 Å². The van der Waals surface area contributed by atoms with E-state index >= 15 is 0 Å². The van der Waals surface area contributed by atoms with Gasteiger partial charge in [-0.1, -0.05) is 13.8 Å². The third kappa shape index (κ3) is 2.62. The minimum atomic E-state index is -0.412. The third-order valence-electron chi connectivity index (χ3n) is 5.22. The van der Waals surface area contributed by atoms with Gasteiger partial charge in [0.1, 0.15) is 0 Å². The lowest BCUT2D eigenvalue weighted by molar-refractivity contribution is -0.208. The van der Waals surface area contributed by atoms with Gasteiger partial charge in [0.2, 0.25) is 0 Å². The molecule has 0 amide bonds. The summed E-state index contributed by atoms with van der Waals surface area (Å²) in [7, 11) is 3.86. The summed E-state index contributed by atoms with van der Waals surface area (Å²) in [5, 5.41) is 14.3. The quantitative estimate of drug-likeness (QED) is 0.856. The van der Waals surface area contributed by atoms with Crippen LogP contribution in [-0.4, -0.2) is 58.2 Å². The van der Waals surface area contributed by atoms with Gasteiger partial charge in [0.15, 0.2) is 0 Å². The monoisotopic (exact) mass is 281 g/mol. The lowest BCUT2D eigenvalue weighted by atomic mass is 9.55. The molecular weight excluding hydrogens is 254 g/mol. The Morgan fingerprint density at radius 2 is 2.20 bits per heavy atom. The maximum Gasteiger partial charge on any atom is 0.0862 e. The molecule has 5 heteroatoms. The lowest BCUT2D eigenvalue weighted by Gasteiger charge is -2.61. The van der Waals surface area contributed by atoms with E-state index in [9.17, 15) is 5.11 Å². The van der Waals surface area contributed by atoms with E-state index in [1.807, 2.05) is 12.3 Å². The first-order valence-corrected chi connectivity index (χ1v) is 7.21. The average Bonchev–Trinajstić information content (AvgIpc) is 2.87. The van der Waals surface area contributed by atoms with E-state index in [2.05, 4.69) is 37.8 Å². The number of likely N-dealkylation sites (N-methyl/N-ethyl adjacent to an activating group) is 1. The van der Waals surface area contributed by atoms with Gasteiger partial charge in [-0.05, 0) is 26.5 Å². The van der Waals surface area contributed by atoms with E-state index in [1.54, 1.807) is 18.0 Å².